The molecule has 0 fully saturated rings. The van der Waals surface area contributed by atoms with Gasteiger partial charge in [-0.1, -0.05) is 11.8 Å². The van der Waals surface area contributed by atoms with Crippen molar-refractivity contribution in [3.8, 4) is 5.75 Å². The molecule has 1 rings (SSSR count). The van der Waals surface area contributed by atoms with Crippen molar-refractivity contribution in [3.63, 3.8) is 0 Å². The third-order valence-electron chi connectivity index (χ3n) is 1.63. The fourth-order valence-electron chi connectivity index (χ4n) is 0.870. The molecule has 1 aromatic carbocycles. The Bertz CT molecular complexity index is 323. The highest BCUT2D eigenvalue weighted by Crippen LogP contribution is 2.34. The molecule has 1 aromatic rings. The standard InChI is InChI=1S/C8H11O3PS/c1-10-7-3-5-8(6-4-7)12(9,13)11-2/h3-6H,1-2H3,(H,9,13)/p-1. The van der Waals surface area contributed by atoms with Crippen LogP contribution in [0, 0.1) is 0 Å². The Balaban J connectivity index is 2.99. The molecule has 0 aliphatic rings. The second-order valence-corrected chi connectivity index (χ2v) is 5.70. The summed E-state index contributed by atoms with van der Waals surface area (Å²) in [6, 6.07) is 6.70. The Labute approximate surface area is 82.5 Å². The second-order valence-electron chi connectivity index (χ2n) is 2.38. The van der Waals surface area contributed by atoms with E-state index in [1.807, 2.05) is 0 Å². The number of rotatable bonds is 3. The van der Waals surface area contributed by atoms with E-state index in [4.69, 9.17) is 21.1 Å². The quantitative estimate of drug-likeness (QED) is 0.697. The first-order valence-corrected chi connectivity index (χ1v) is 6.25. The summed E-state index contributed by atoms with van der Waals surface area (Å²) in [7, 11) is 2.91. The summed E-state index contributed by atoms with van der Waals surface area (Å²) in [5.74, 6) is 0.704. The average Bonchev–Trinajstić information content (AvgIpc) is 2.18. The molecule has 0 spiro atoms. The van der Waals surface area contributed by atoms with Crippen LogP contribution in [0.5, 0.6) is 5.75 Å². The van der Waals surface area contributed by atoms with Gasteiger partial charge in [0.1, 0.15) is 5.75 Å². The van der Waals surface area contributed by atoms with Crippen molar-refractivity contribution in [2.75, 3.05) is 14.2 Å². The van der Waals surface area contributed by atoms with Crippen LogP contribution in [0.1, 0.15) is 0 Å². The molecule has 0 radical (unpaired) electrons. The summed E-state index contributed by atoms with van der Waals surface area (Å²) in [5, 5.41) is 0.519. The summed E-state index contributed by atoms with van der Waals surface area (Å²) < 4.78 is 9.68. The van der Waals surface area contributed by atoms with E-state index in [0.29, 0.717) is 11.1 Å². The summed E-state index contributed by atoms with van der Waals surface area (Å²) in [5.41, 5.74) is 0. The van der Waals surface area contributed by atoms with Crippen molar-refractivity contribution in [1.29, 1.82) is 0 Å². The minimum atomic E-state index is -3.03. The van der Waals surface area contributed by atoms with Crippen molar-refractivity contribution >= 4 is 23.6 Å². The van der Waals surface area contributed by atoms with Crippen LogP contribution >= 0.6 is 6.49 Å². The van der Waals surface area contributed by atoms with E-state index in [2.05, 4.69) is 0 Å². The summed E-state index contributed by atoms with van der Waals surface area (Å²) >= 11 is 4.78. The number of methoxy groups -OCH3 is 1. The van der Waals surface area contributed by atoms with E-state index in [9.17, 15) is 4.89 Å². The Morgan fingerprint density at radius 3 is 2.15 bits per heavy atom. The van der Waals surface area contributed by atoms with Crippen LogP contribution in [0.15, 0.2) is 24.3 Å². The first-order chi connectivity index (χ1) is 6.10. The molecule has 13 heavy (non-hydrogen) atoms. The first kappa shape index (κ1) is 10.7. The fourth-order valence-corrected chi connectivity index (χ4v) is 1.96. The van der Waals surface area contributed by atoms with Crippen molar-refractivity contribution in [1.82, 2.24) is 0 Å². The van der Waals surface area contributed by atoms with Crippen molar-refractivity contribution in [2.45, 2.75) is 0 Å². The van der Waals surface area contributed by atoms with Gasteiger partial charge in [0, 0.05) is 13.6 Å². The highest BCUT2D eigenvalue weighted by molar-refractivity contribution is 8.12. The van der Waals surface area contributed by atoms with Gasteiger partial charge in [-0.2, -0.15) is 0 Å². The van der Waals surface area contributed by atoms with E-state index >= 15 is 0 Å². The lowest BCUT2D eigenvalue weighted by molar-refractivity contribution is -0.176. The van der Waals surface area contributed by atoms with Crippen LogP contribution in [-0.2, 0) is 16.3 Å². The molecule has 0 saturated carbocycles. The third kappa shape index (κ3) is 2.51. The lowest BCUT2D eigenvalue weighted by atomic mass is 10.3. The summed E-state index contributed by atoms with van der Waals surface area (Å²) in [6.07, 6.45) is 0. The van der Waals surface area contributed by atoms with Gasteiger partial charge < -0.3 is 14.2 Å². The van der Waals surface area contributed by atoms with Crippen LogP contribution < -0.4 is 14.9 Å². The van der Waals surface area contributed by atoms with Gasteiger partial charge in [-0.15, -0.1) is 0 Å². The smallest absolute Gasteiger partial charge is 0.118 e. The van der Waals surface area contributed by atoms with Gasteiger partial charge in [0.05, 0.1) is 7.11 Å². The second kappa shape index (κ2) is 4.20. The summed E-state index contributed by atoms with van der Waals surface area (Å²) in [6.45, 7) is -3.03. The normalized spacial score (nSPS) is 15.0. The van der Waals surface area contributed by atoms with Crippen LogP contribution in [0.25, 0.3) is 0 Å². The van der Waals surface area contributed by atoms with Gasteiger partial charge in [0.15, 0.2) is 0 Å². The number of hydrogen-bond acceptors (Lipinski definition) is 4. The molecular formula is C8H10O3PS-. The maximum absolute atomic E-state index is 11.5. The molecule has 0 saturated heterocycles. The molecule has 5 heteroatoms. The Hall–Kier alpha value is -0.410. The van der Waals surface area contributed by atoms with Crippen LogP contribution in [0.3, 0.4) is 0 Å². The van der Waals surface area contributed by atoms with Crippen molar-refractivity contribution in [3.05, 3.63) is 24.3 Å². The van der Waals surface area contributed by atoms with Gasteiger partial charge in [0.2, 0.25) is 0 Å². The minimum Gasteiger partial charge on any atom is -0.797 e. The molecule has 0 heterocycles. The molecule has 0 amide bonds. The van der Waals surface area contributed by atoms with Gasteiger partial charge in [0.25, 0.3) is 0 Å². The van der Waals surface area contributed by atoms with E-state index < -0.39 is 6.49 Å². The third-order valence-corrected chi connectivity index (χ3v) is 4.12. The number of benzene rings is 1. The molecule has 0 aliphatic carbocycles. The molecule has 0 aromatic heterocycles. The zero-order valence-electron chi connectivity index (χ0n) is 7.39. The highest BCUT2D eigenvalue weighted by Gasteiger charge is 2.04. The largest absolute Gasteiger partial charge is 0.797 e. The zero-order valence-corrected chi connectivity index (χ0v) is 9.10. The van der Waals surface area contributed by atoms with Crippen LogP contribution in [-0.4, -0.2) is 14.2 Å². The van der Waals surface area contributed by atoms with Gasteiger partial charge in [-0.25, -0.2) is 0 Å². The van der Waals surface area contributed by atoms with Crippen molar-refractivity contribution < 1.29 is 14.2 Å². The molecule has 0 aliphatic heterocycles. The first-order valence-electron chi connectivity index (χ1n) is 3.61. The van der Waals surface area contributed by atoms with Crippen molar-refractivity contribution in [2.24, 2.45) is 0 Å². The van der Waals surface area contributed by atoms with Gasteiger partial charge >= 0.3 is 0 Å². The lowest BCUT2D eigenvalue weighted by Crippen LogP contribution is -2.15. The van der Waals surface area contributed by atoms with E-state index in [0.717, 1.165) is 0 Å². The maximum Gasteiger partial charge on any atom is 0.118 e. The number of hydrogen-bond donors (Lipinski definition) is 0. The molecule has 0 bridgehead atoms. The molecule has 1 unspecified atom stereocenters. The number of ether oxygens (including phenoxy) is 1. The predicted octanol–water partition coefficient (Wildman–Crippen LogP) is 0.637. The van der Waals surface area contributed by atoms with Gasteiger partial charge in [-0.05, 0) is 29.6 Å². The zero-order chi connectivity index (χ0) is 9.90. The predicted molar refractivity (Wildman–Crippen MR) is 53.9 cm³/mol. The molecule has 3 nitrogen and oxygen atoms in total. The fraction of sp³-hybridized carbons (Fsp3) is 0.250. The molecule has 0 N–H and O–H groups in total. The Kier molecular flexibility index (Phi) is 3.45. The monoisotopic (exact) mass is 217 g/mol. The van der Waals surface area contributed by atoms with Crippen LogP contribution in [0.2, 0.25) is 0 Å². The topological polar surface area (TPSA) is 41.5 Å². The maximum atomic E-state index is 11.5. The van der Waals surface area contributed by atoms with E-state index in [1.54, 1.807) is 31.4 Å². The Morgan fingerprint density at radius 2 is 1.77 bits per heavy atom. The molecule has 1 atom stereocenters. The SMILES string of the molecule is COc1ccc(P([O-])(=S)OC)cc1. The molecular weight excluding hydrogens is 207 g/mol. The average molecular weight is 217 g/mol. The van der Waals surface area contributed by atoms with E-state index in [-0.39, 0.29) is 0 Å². The lowest BCUT2D eigenvalue weighted by Gasteiger charge is -2.25. The van der Waals surface area contributed by atoms with E-state index in [1.165, 1.54) is 7.11 Å². The Morgan fingerprint density at radius 1 is 1.23 bits per heavy atom. The van der Waals surface area contributed by atoms with Crippen LogP contribution in [0.4, 0.5) is 0 Å². The molecule has 72 valence electrons. The highest BCUT2D eigenvalue weighted by atomic mass is 32.5. The minimum absolute atomic E-state index is 0.519. The summed E-state index contributed by atoms with van der Waals surface area (Å²) in [4.78, 5) is 11.5. The van der Waals surface area contributed by atoms with Gasteiger partial charge in [-0.3, -0.25) is 0 Å².